The normalized spacial score (nSPS) is 12.5. The second kappa shape index (κ2) is 7.73. The first kappa shape index (κ1) is 23.0. The third kappa shape index (κ3) is 4.15. The number of carbonyl (C=O) groups is 1. The summed E-state index contributed by atoms with van der Waals surface area (Å²) in [5, 5.41) is 16.5. The van der Waals surface area contributed by atoms with Gasteiger partial charge in [0.2, 0.25) is 0 Å². The predicted octanol–water partition coefficient (Wildman–Crippen LogP) is 8.62. The Hall–Kier alpha value is -3.13. The zero-order chi connectivity index (χ0) is 24.3. The van der Waals surface area contributed by atoms with Crippen molar-refractivity contribution in [2.75, 3.05) is 0 Å². The molecule has 0 aliphatic heterocycles. The molecular formula is C31H34O2. The Morgan fingerprint density at radius 2 is 1.06 bits per heavy atom. The zero-order valence-electron chi connectivity index (χ0n) is 21.1. The molecule has 0 aliphatic carbocycles. The first-order valence-corrected chi connectivity index (χ1v) is 11.6. The van der Waals surface area contributed by atoms with Gasteiger partial charge >= 0.3 is 5.97 Å². The number of hydrogen-bond donors (Lipinski definition) is 1. The lowest BCUT2D eigenvalue weighted by Gasteiger charge is -2.22. The molecule has 4 aromatic carbocycles. The zero-order valence-corrected chi connectivity index (χ0v) is 21.1. The van der Waals surface area contributed by atoms with E-state index in [4.69, 9.17) is 0 Å². The summed E-state index contributed by atoms with van der Waals surface area (Å²) in [6.45, 7) is 17.7. The Balaban J connectivity index is 2.39. The molecule has 2 nitrogen and oxygen atoms in total. The van der Waals surface area contributed by atoms with E-state index in [1.54, 1.807) is 6.07 Å². The Morgan fingerprint density at radius 3 is 1.48 bits per heavy atom. The Labute approximate surface area is 196 Å². The van der Waals surface area contributed by atoms with E-state index < -0.39 is 5.97 Å². The van der Waals surface area contributed by atoms with Crippen molar-refractivity contribution in [3.8, 4) is 0 Å². The number of benzene rings is 3. The first-order chi connectivity index (χ1) is 15.3. The molecule has 170 valence electrons. The van der Waals surface area contributed by atoms with E-state index in [1.165, 1.54) is 33.0 Å². The molecule has 0 radical (unpaired) electrons. The summed E-state index contributed by atoms with van der Waals surface area (Å²) >= 11 is 0. The lowest BCUT2D eigenvalue weighted by atomic mass is 9.82. The van der Waals surface area contributed by atoms with Crippen molar-refractivity contribution < 1.29 is 9.90 Å². The lowest BCUT2D eigenvalue weighted by molar-refractivity contribution is 0.0697. The van der Waals surface area contributed by atoms with Gasteiger partial charge in [-0.3, -0.25) is 0 Å². The number of aromatic carboxylic acids is 1. The van der Waals surface area contributed by atoms with Crippen molar-refractivity contribution in [3.05, 3.63) is 82.4 Å². The van der Waals surface area contributed by atoms with Crippen LogP contribution in [0.5, 0.6) is 0 Å². The summed E-state index contributed by atoms with van der Waals surface area (Å²) in [5.74, 6) is -0.902. The maximum atomic E-state index is 11.9. The van der Waals surface area contributed by atoms with Gasteiger partial charge in [-0.05, 0) is 91.4 Å². The minimum Gasteiger partial charge on any atom is -0.478 e. The predicted molar refractivity (Wildman–Crippen MR) is 142 cm³/mol. The van der Waals surface area contributed by atoms with Crippen LogP contribution < -0.4 is 0 Å². The molecular weight excluding hydrogens is 404 g/mol. The van der Waals surface area contributed by atoms with Gasteiger partial charge in [0.05, 0.1) is 5.56 Å². The molecule has 2 heteroatoms. The minimum absolute atomic E-state index is 0.0000438. The average Bonchev–Trinajstić information content (AvgIpc) is 2.71. The largest absolute Gasteiger partial charge is 0.478 e. The lowest BCUT2D eigenvalue weighted by Crippen LogP contribution is -2.11. The van der Waals surface area contributed by atoms with Crippen LogP contribution in [0.4, 0.5) is 0 Å². The van der Waals surface area contributed by atoms with Crippen LogP contribution in [0.1, 0.15) is 74.2 Å². The Bertz CT molecular complexity index is 1460. The molecule has 4 rings (SSSR count). The molecule has 0 unspecified atom stereocenters. The molecule has 0 atom stereocenters. The number of carboxylic acid groups (broad SMARTS) is 1. The van der Waals surface area contributed by atoms with Crippen molar-refractivity contribution in [1.82, 2.24) is 0 Å². The van der Waals surface area contributed by atoms with Gasteiger partial charge in [-0.15, -0.1) is 0 Å². The molecule has 0 amide bonds. The summed E-state index contributed by atoms with van der Waals surface area (Å²) in [7, 11) is 0. The molecule has 4 bridgehead atoms. The summed E-state index contributed by atoms with van der Waals surface area (Å²) in [4.78, 5) is 11.9. The first-order valence-electron chi connectivity index (χ1n) is 11.6. The van der Waals surface area contributed by atoms with Crippen LogP contribution in [0.3, 0.4) is 0 Å². The van der Waals surface area contributed by atoms with Crippen molar-refractivity contribution in [2.24, 2.45) is 0 Å². The van der Waals surface area contributed by atoms with Crippen LogP contribution in [-0.2, 0) is 10.8 Å². The number of fused-ring (bicyclic) bond motifs is 7. The molecule has 0 heterocycles. The molecule has 1 N–H and O–H groups in total. The third-order valence-electron chi connectivity index (χ3n) is 6.92. The van der Waals surface area contributed by atoms with Crippen LogP contribution >= 0.6 is 0 Å². The smallest absolute Gasteiger partial charge is 0.335 e. The van der Waals surface area contributed by atoms with Crippen LogP contribution in [0.2, 0.25) is 0 Å². The minimum atomic E-state index is -0.902. The van der Waals surface area contributed by atoms with E-state index in [0.717, 1.165) is 21.5 Å². The SMILES string of the molecule is Cc1c2ccc3cc(C(C)(C)C)cc(c3C)c3cc(C(=O)O)ccc3c1cc(C(C)(C)C)c2. The van der Waals surface area contributed by atoms with Gasteiger partial charge < -0.3 is 5.11 Å². The maximum Gasteiger partial charge on any atom is 0.335 e. The molecule has 4 aromatic rings. The Kier molecular flexibility index (Phi) is 5.40. The van der Waals surface area contributed by atoms with Crippen molar-refractivity contribution in [2.45, 2.75) is 66.2 Å². The topological polar surface area (TPSA) is 37.3 Å². The number of hydrogen-bond acceptors (Lipinski definition) is 1. The highest BCUT2D eigenvalue weighted by Gasteiger charge is 2.18. The Morgan fingerprint density at radius 1 is 0.606 bits per heavy atom. The van der Waals surface area contributed by atoms with Crippen LogP contribution in [0.25, 0.3) is 32.3 Å². The summed E-state index contributed by atoms with van der Waals surface area (Å²) in [5.41, 5.74) is 5.18. The van der Waals surface area contributed by atoms with Crippen molar-refractivity contribution in [1.29, 1.82) is 0 Å². The highest BCUT2D eigenvalue weighted by atomic mass is 16.4. The van der Waals surface area contributed by atoms with Gasteiger partial charge in [-0.25, -0.2) is 4.79 Å². The standard InChI is InChI=1S/C31H34O2/c1-18-20-9-10-21-14-24(31(6,7)8)17-27(19(21)2)28-15-22(29(32)33)11-12-25(28)26(18)16-23(13-20)30(3,4)5/h9-17H,1-8H3,(H,32,33). The molecule has 0 fully saturated rings. The molecule has 0 spiro atoms. The van der Waals surface area contributed by atoms with Crippen LogP contribution in [0.15, 0.2) is 54.6 Å². The van der Waals surface area contributed by atoms with E-state index >= 15 is 0 Å². The fourth-order valence-electron chi connectivity index (χ4n) is 4.56. The second-order valence-electron chi connectivity index (χ2n) is 11.4. The highest BCUT2D eigenvalue weighted by molar-refractivity contribution is 6.11. The van der Waals surface area contributed by atoms with Gasteiger partial charge in [0.15, 0.2) is 0 Å². The quantitative estimate of drug-likeness (QED) is 0.323. The van der Waals surface area contributed by atoms with Gasteiger partial charge in [0.25, 0.3) is 0 Å². The van der Waals surface area contributed by atoms with Gasteiger partial charge in [-0.1, -0.05) is 84.0 Å². The monoisotopic (exact) mass is 438 g/mol. The molecule has 0 aliphatic rings. The van der Waals surface area contributed by atoms with Crippen LogP contribution in [0, 0.1) is 13.8 Å². The van der Waals surface area contributed by atoms with E-state index in [-0.39, 0.29) is 10.8 Å². The average molecular weight is 439 g/mol. The van der Waals surface area contributed by atoms with E-state index in [0.29, 0.717) is 5.56 Å². The van der Waals surface area contributed by atoms with Crippen molar-refractivity contribution >= 4 is 38.3 Å². The highest BCUT2D eigenvalue weighted by Crippen LogP contribution is 2.36. The summed E-state index contributed by atoms with van der Waals surface area (Å²) in [6.07, 6.45) is 0. The van der Waals surface area contributed by atoms with E-state index in [2.05, 4.69) is 91.8 Å². The third-order valence-corrected chi connectivity index (χ3v) is 6.92. The van der Waals surface area contributed by atoms with Gasteiger partial charge in [-0.2, -0.15) is 0 Å². The number of rotatable bonds is 1. The van der Waals surface area contributed by atoms with E-state index in [9.17, 15) is 9.90 Å². The van der Waals surface area contributed by atoms with E-state index in [1.807, 2.05) is 12.1 Å². The number of aryl methyl sites for hydroxylation is 2. The fourth-order valence-corrected chi connectivity index (χ4v) is 4.56. The van der Waals surface area contributed by atoms with Crippen molar-refractivity contribution in [3.63, 3.8) is 0 Å². The van der Waals surface area contributed by atoms with Crippen LogP contribution in [-0.4, -0.2) is 11.1 Å². The molecule has 0 aromatic heterocycles. The molecule has 0 saturated heterocycles. The summed E-state index contributed by atoms with van der Waals surface area (Å²) in [6, 6.07) is 19.2. The molecule has 0 saturated carbocycles. The molecule has 33 heavy (non-hydrogen) atoms. The fraction of sp³-hybridized carbons (Fsp3) is 0.323. The second-order valence-corrected chi connectivity index (χ2v) is 11.4. The van der Waals surface area contributed by atoms with Gasteiger partial charge in [0.1, 0.15) is 0 Å². The maximum absolute atomic E-state index is 11.9. The van der Waals surface area contributed by atoms with Gasteiger partial charge in [0, 0.05) is 0 Å². The summed E-state index contributed by atoms with van der Waals surface area (Å²) < 4.78 is 0. The number of carboxylic acids is 1.